The molecule has 1 aromatic carbocycles. The van der Waals surface area contributed by atoms with Crippen molar-refractivity contribution in [3.8, 4) is 11.3 Å². The molecule has 8 heteroatoms. The summed E-state index contributed by atoms with van der Waals surface area (Å²) in [6.45, 7) is 0. The third-order valence-electron chi connectivity index (χ3n) is 1.94. The Morgan fingerprint density at radius 1 is 0.941 bits per heavy atom. The van der Waals surface area contributed by atoms with Crippen molar-refractivity contribution >= 4 is 22.6 Å². The van der Waals surface area contributed by atoms with Crippen LogP contribution < -0.4 is 0 Å². The SMILES string of the molecule is FC(F)(F)c1nnnnc1-c1ccc(I)cc1. The highest BCUT2D eigenvalue weighted by Crippen LogP contribution is 2.33. The Labute approximate surface area is 107 Å². The highest BCUT2D eigenvalue weighted by Gasteiger charge is 2.37. The molecule has 0 saturated carbocycles. The van der Waals surface area contributed by atoms with Crippen LogP contribution in [0.5, 0.6) is 0 Å². The van der Waals surface area contributed by atoms with Gasteiger partial charge in [-0.1, -0.05) is 12.1 Å². The first kappa shape index (κ1) is 12.1. The van der Waals surface area contributed by atoms with Crippen LogP contribution in [0.2, 0.25) is 0 Å². The van der Waals surface area contributed by atoms with Crippen LogP contribution in [0, 0.1) is 3.57 Å². The number of nitrogens with zero attached hydrogens (tertiary/aromatic N) is 4. The Balaban J connectivity index is 2.56. The Hall–Kier alpha value is -1.32. The number of hydrogen-bond acceptors (Lipinski definition) is 4. The lowest BCUT2D eigenvalue weighted by molar-refractivity contribution is -0.141. The Morgan fingerprint density at radius 2 is 1.53 bits per heavy atom. The zero-order valence-corrected chi connectivity index (χ0v) is 10.3. The summed E-state index contributed by atoms with van der Waals surface area (Å²) in [6.07, 6.45) is -4.60. The fraction of sp³-hybridized carbons (Fsp3) is 0.111. The van der Waals surface area contributed by atoms with E-state index in [-0.39, 0.29) is 5.69 Å². The van der Waals surface area contributed by atoms with Gasteiger partial charge in [-0.05, 0) is 45.2 Å². The molecule has 0 aliphatic heterocycles. The average molecular weight is 352 g/mol. The molecule has 0 spiro atoms. The van der Waals surface area contributed by atoms with E-state index in [4.69, 9.17) is 0 Å². The van der Waals surface area contributed by atoms with Gasteiger partial charge in [-0.2, -0.15) is 13.2 Å². The van der Waals surface area contributed by atoms with Gasteiger partial charge in [0.15, 0.2) is 5.69 Å². The Bertz CT molecular complexity index is 527. The van der Waals surface area contributed by atoms with Crippen LogP contribution in [0.4, 0.5) is 13.2 Å². The van der Waals surface area contributed by atoms with E-state index in [1.807, 2.05) is 0 Å². The smallest absolute Gasteiger partial charge is 0.164 e. The molecule has 0 N–H and O–H groups in total. The quantitative estimate of drug-likeness (QED) is 0.741. The second-order valence-corrected chi connectivity index (χ2v) is 4.33. The number of benzene rings is 1. The van der Waals surface area contributed by atoms with Gasteiger partial charge in [-0.15, -0.1) is 10.2 Å². The number of aromatic nitrogens is 4. The fourth-order valence-corrected chi connectivity index (χ4v) is 1.58. The van der Waals surface area contributed by atoms with Crippen molar-refractivity contribution in [1.29, 1.82) is 0 Å². The normalized spacial score (nSPS) is 11.5. The van der Waals surface area contributed by atoms with Crippen LogP contribution in [-0.2, 0) is 6.18 Å². The molecular formula is C9H4F3IN4. The summed E-state index contributed by atoms with van der Waals surface area (Å²) < 4.78 is 38.8. The largest absolute Gasteiger partial charge is 0.437 e. The van der Waals surface area contributed by atoms with E-state index in [9.17, 15) is 13.2 Å². The minimum absolute atomic E-state index is 0.306. The van der Waals surface area contributed by atoms with Gasteiger partial charge in [0.05, 0.1) is 0 Å². The lowest BCUT2D eigenvalue weighted by Crippen LogP contribution is -2.13. The van der Waals surface area contributed by atoms with Crippen molar-refractivity contribution in [2.24, 2.45) is 0 Å². The predicted octanol–water partition coefficient (Wildman–Crippen LogP) is 2.56. The van der Waals surface area contributed by atoms with Crippen molar-refractivity contribution in [2.45, 2.75) is 6.18 Å². The molecule has 2 rings (SSSR count). The van der Waals surface area contributed by atoms with E-state index < -0.39 is 11.9 Å². The molecular weight excluding hydrogens is 348 g/mol. The first-order valence-electron chi connectivity index (χ1n) is 4.37. The monoisotopic (exact) mass is 352 g/mol. The molecule has 0 fully saturated rings. The van der Waals surface area contributed by atoms with E-state index in [1.54, 1.807) is 12.1 Å². The Kier molecular flexibility index (Phi) is 3.22. The average Bonchev–Trinajstić information content (AvgIpc) is 2.29. The van der Waals surface area contributed by atoms with Crippen LogP contribution in [-0.4, -0.2) is 20.6 Å². The maximum absolute atomic E-state index is 12.6. The van der Waals surface area contributed by atoms with Crippen LogP contribution >= 0.6 is 22.6 Å². The van der Waals surface area contributed by atoms with Crippen LogP contribution in [0.25, 0.3) is 11.3 Å². The third kappa shape index (κ3) is 2.68. The van der Waals surface area contributed by atoms with Crippen molar-refractivity contribution < 1.29 is 13.2 Å². The van der Waals surface area contributed by atoms with Crippen molar-refractivity contribution in [1.82, 2.24) is 20.6 Å². The third-order valence-corrected chi connectivity index (χ3v) is 2.66. The van der Waals surface area contributed by atoms with E-state index in [1.165, 1.54) is 12.1 Å². The molecule has 0 saturated heterocycles. The number of halogens is 4. The molecule has 0 unspecified atom stereocenters. The minimum Gasteiger partial charge on any atom is -0.164 e. The Morgan fingerprint density at radius 3 is 2.12 bits per heavy atom. The van der Waals surface area contributed by atoms with Gasteiger partial charge in [0, 0.05) is 9.13 Å². The molecule has 1 aromatic heterocycles. The van der Waals surface area contributed by atoms with E-state index >= 15 is 0 Å². The zero-order valence-electron chi connectivity index (χ0n) is 8.11. The topological polar surface area (TPSA) is 51.6 Å². The summed E-state index contributed by atoms with van der Waals surface area (Å²) in [6, 6.07) is 6.42. The van der Waals surface area contributed by atoms with Gasteiger partial charge in [-0.25, -0.2) is 0 Å². The first-order valence-corrected chi connectivity index (χ1v) is 5.45. The minimum atomic E-state index is -4.60. The fourth-order valence-electron chi connectivity index (χ4n) is 1.22. The van der Waals surface area contributed by atoms with Gasteiger partial charge in [0.2, 0.25) is 0 Å². The van der Waals surface area contributed by atoms with Crippen molar-refractivity contribution in [2.75, 3.05) is 0 Å². The van der Waals surface area contributed by atoms with Gasteiger partial charge in [0.25, 0.3) is 0 Å². The molecule has 4 nitrogen and oxygen atoms in total. The number of hydrogen-bond donors (Lipinski definition) is 0. The van der Waals surface area contributed by atoms with E-state index in [2.05, 4.69) is 43.2 Å². The number of alkyl halides is 3. The van der Waals surface area contributed by atoms with Crippen LogP contribution in [0.1, 0.15) is 5.69 Å². The molecule has 17 heavy (non-hydrogen) atoms. The summed E-state index contributed by atoms with van der Waals surface area (Å²) in [5.74, 6) is 0. The predicted molar refractivity (Wildman–Crippen MR) is 60.8 cm³/mol. The molecule has 0 aliphatic carbocycles. The highest BCUT2D eigenvalue weighted by molar-refractivity contribution is 14.1. The van der Waals surface area contributed by atoms with E-state index in [0.29, 0.717) is 5.56 Å². The molecule has 1 heterocycles. The zero-order chi connectivity index (χ0) is 12.5. The van der Waals surface area contributed by atoms with Crippen molar-refractivity contribution in [3.63, 3.8) is 0 Å². The number of rotatable bonds is 1. The lowest BCUT2D eigenvalue weighted by atomic mass is 10.1. The van der Waals surface area contributed by atoms with Crippen LogP contribution in [0.15, 0.2) is 24.3 Å². The van der Waals surface area contributed by atoms with Gasteiger partial charge < -0.3 is 0 Å². The molecule has 0 amide bonds. The maximum atomic E-state index is 12.6. The molecule has 0 bridgehead atoms. The first-order chi connectivity index (χ1) is 7.98. The maximum Gasteiger partial charge on any atom is 0.437 e. The highest BCUT2D eigenvalue weighted by atomic mass is 127. The summed E-state index contributed by atoms with van der Waals surface area (Å²) in [4.78, 5) is 0. The summed E-state index contributed by atoms with van der Waals surface area (Å²) in [5, 5.41) is 12.5. The lowest BCUT2D eigenvalue weighted by Gasteiger charge is -2.08. The summed E-state index contributed by atoms with van der Waals surface area (Å²) in [5.41, 5.74) is -1.14. The van der Waals surface area contributed by atoms with Gasteiger partial charge >= 0.3 is 6.18 Å². The van der Waals surface area contributed by atoms with Gasteiger partial charge in [-0.3, -0.25) is 0 Å². The summed E-state index contributed by atoms with van der Waals surface area (Å²) in [7, 11) is 0. The second kappa shape index (κ2) is 4.51. The van der Waals surface area contributed by atoms with E-state index in [0.717, 1.165) is 3.57 Å². The van der Waals surface area contributed by atoms with Gasteiger partial charge in [0.1, 0.15) is 5.69 Å². The molecule has 0 atom stereocenters. The standard InChI is InChI=1S/C9H4F3IN4/c10-9(11,12)8-7(14-16-17-15-8)5-1-3-6(13)4-2-5/h1-4H. The van der Waals surface area contributed by atoms with Crippen LogP contribution in [0.3, 0.4) is 0 Å². The molecule has 0 aliphatic rings. The summed E-state index contributed by atoms with van der Waals surface area (Å²) >= 11 is 2.05. The molecule has 88 valence electrons. The molecule has 0 radical (unpaired) electrons. The second-order valence-electron chi connectivity index (χ2n) is 3.08. The van der Waals surface area contributed by atoms with Crippen molar-refractivity contribution in [3.05, 3.63) is 33.5 Å². The molecule has 2 aromatic rings.